The van der Waals surface area contributed by atoms with Crippen molar-refractivity contribution in [2.75, 3.05) is 36.4 Å². The van der Waals surface area contributed by atoms with Crippen molar-refractivity contribution in [2.24, 2.45) is 11.8 Å². The molecule has 1 aliphatic rings. The Bertz CT molecular complexity index is 1380. The van der Waals surface area contributed by atoms with Crippen molar-refractivity contribution in [3.8, 4) is 0 Å². The quantitative estimate of drug-likeness (QED) is 0.276. The molecule has 3 aromatic rings. The molecule has 0 spiro atoms. The summed E-state index contributed by atoms with van der Waals surface area (Å²) in [5, 5.41) is 17.5. The lowest BCUT2D eigenvalue weighted by Gasteiger charge is -2.36. The lowest BCUT2D eigenvalue weighted by atomic mass is 10.0. The van der Waals surface area contributed by atoms with E-state index >= 15 is 0 Å². The number of carbonyl (C=O) groups excluding carboxylic acids is 2. The van der Waals surface area contributed by atoms with Gasteiger partial charge in [0.15, 0.2) is 12.0 Å². The molecule has 11 nitrogen and oxygen atoms in total. The van der Waals surface area contributed by atoms with E-state index in [0.29, 0.717) is 31.0 Å². The molecule has 12 heteroatoms. The van der Waals surface area contributed by atoms with Crippen molar-refractivity contribution in [1.29, 1.82) is 0 Å². The Kier molecular flexibility index (Phi) is 10.2. The average molecular weight is 585 g/mol. The van der Waals surface area contributed by atoms with E-state index in [-0.39, 0.29) is 24.0 Å². The summed E-state index contributed by atoms with van der Waals surface area (Å²) in [5.74, 6) is -0.238. The molecule has 2 aromatic heterocycles. The third-order valence-electron chi connectivity index (χ3n) is 7.53. The summed E-state index contributed by atoms with van der Waals surface area (Å²) in [7, 11) is 0. The van der Waals surface area contributed by atoms with Crippen molar-refractivity contribution < 1.29 is 18.7 Å². The number of hydrogen-bond acceptors (Lipinski definition) is 8. The van der Waals surface area contributed by atoms with Crippen LogP contribution in [-0.2, 0) is 14.3 Å². The number of nitrogens with one attached hydrogen (secondary N) is 3. The van der Waals surface area contributed by atoms with Gasteiger partial charge in [-0.2, -0.15) is 0 Å². The molecule has 2 amide bonds. The zero-order valence-corrected chi connectivity index (χ0v) is 25.8. The minimum Gasteiger partial charge on any atom is -0.372 e. The molecule has 4 rings (SSSR count). The van der Waals surface area contributed by atoms with Crippen molar-refractivity contribution in [3.63, 3.8) is 0 Å². The van der Waals surface area contributed by atoms with E-state index in [4.69, 9.17) is 9.72 Å². The van der Waals surface area contributed by atoms with Crippen LogP contribution in [0.2, 0.25) is 0 Å². The molecule has 0 bridgehead atoms. The van der Waals surface area contributed by atoms with Crippen LogP contribution >= 0.6 is 0 Å². The standard InChI is InChI=1S/C30H45FN8O3/c1-17(2)25(31)29(40)35-26(18(3)4)30(41)33-13-9-8-12-32-27-28-37-36-21(7)39(28)24-11-10-22(14-23(24)34-27)38-15-19(5)42-20(6)16-38/h10-11,14,17-20,25-26H,8-9,12-13,15-16H2,1-7H3,(H,32,34)(H,33,41)(H,35,40)/t19?,20?,25-,26-/m0/s1. The molecule has 1 aliphatic heterocycles. The smallest absolute Gasteiger partial charge is 0.255 e. The molecule has 1 saturated heterocycles. The molecule has 230 valence electrons. The molecule has 3 N–H and O–H groups in total. The molecule has 4 atom stereocenters. The maximum absolute atomic E-state index is 14.1. The number of anilines is 2. The first-order valence-corrected chi connectivity index (χ1v) is 15.0. The maximum Gasteiger partial charge on any atom is 0.255 e. The van der Waals surface area contributed by atoms with Gasteiger partial charge in [0, 0.05) is 31.9 Å². The monoisotopic (exact) mass is 584 g/mol. The SMILES string of the molecule is Cc1nnc2c(NCCCCNC(=O)[C@@H](NC(=O)[C@@H](F)C(C)C)C(C)C)nc3cc(N4CC(C)OC(C)C4)ccc3n12. The van der Waals surface area contributed by atoms with Gasteiger partial charge in [0.25, 0.3) is 5.91 Å². The van der Waals surface area contributed by atoms with Crippen LogP contribution in [0.25, 0.3) is 16.7 Å². The van der Waals surface area contributed by atoms with Crippen LogP contribution in [0.15, 0.2) is 18.2 Å². The fourth-order valence-electron chi connectivity index (χ4n) is 5.32. The van der Waals surface area contributed by atoms with E-state index in [1.54, 1.807) is 13.8 Å². The third kappa shape index (κ3) is 7.26. The molecular formula is C30H45FN8O3. The second kappa shape index (κ2) is 13.6. The number of halogens is 1. The highest BCUT2D eigenvalue weighted by atomic mass is 19.1. The highest BCUT2D eigenvalue weighted by molar-refractivity contribution is 5.89. The molecule has 1 fully saturated rings. The van der Waals surface area contributed by atoms with Crippen molar-refractivity contribution in [1.82, 2.24) is 30.2 Å². The minimum absolute atomic E-state index is 0.157. The van der Waals surface area contributed by atoms with Crippen LogP contribution in [0.5, 0.6) is 0 Å². The highest BCUT2D eigenvalue weighted by Gasteiger charge is 2.29. The number of rotatable bonds is 12. The van der Waals surface area contributed by atoms with E-state index in [0.717, 1.165) is 42.1 Å². The third-order valence-corrected chi connectivity index (χ3v) is 7.53. The van der Waals surface area contributed by atoms with Gasteiger partial charge < -0.3 is 25.6 Å². The van der Waals surface area contributed by atoms with Gasteiger partial charge in [0.2, 0.25) is 11.6 Å². The Morgan fingerprint density at radius 1 is 1.02 bits per heavy atom. The summed E-state index contributed by atoms with van der Waals surface area (Å²) in [6, 6.07) is 5.51. The Labute approximate surface area is 247 Å². The van der Waals surface area contributed by atoms with Gasteiger partial charge in [-0.05, 0) is 63.6 Å². The van der Waals surface area contributed by atoms with Gasteiger partial charge in [-0.1, -0.05) is 27.7 Å². The van der Waals surface area contributed by atoms with Crippen molar-refractivity contribution in [2.45, 2.75) is 85.7 Å². The van der Waals surface area contributed by atoms with Gasteiger partial charge in [0.1, 0.15) is 11.9 Å². The Balaban J connectivity index is 1.36. The van der Waals surface area contributed by atoms with E-state index < -0.39 is 24.0 Å². The molecular weight excluding hydrogens is 539 g/mol. The van der Waals surface area contributed by atoms with E-state index in [9.17, 15) is 14.0 Å². The molecule has 0 saturated carbocycles. The zero-order valence-electron chi connectivity index (χ0n) is 25.8. The zero-order chi connectivity index (χ0) is 30.6. The number of unbranched alkanes of at least 4 members (excludes halogenated alkanes) is 1. The number of hydrogen-bond donors (Lipinski definition) is 3. The second-order valence-corrected chi connectivity index (χ2v) is 12.0. The predicted molar refractivity (Wildman–Crippen MR) is 162 cm³/mol. The number of nitrogens with zero attached hydrogens (tertiary/aromatic N) is 5. The Hall–Kier alpha value is -3.54. The first-order chi connectivity index (χ1) is 20.0. The molecule has 0 radical (unpaired) electrons. The molecule has 0 aliphatic carbocycles. The molecule has 2 unspecified atom stereocenters. The number of morpholine rings is 1. The molecule has 1 aromatic carbocycles. The van der Waals surface area contributed by atoms with Gasteiger partial charge >= 0.3 is 0 Å². The number of aromatic nitrogens is 4. The van der Waals surface area contributed by atoms with Crippen LogP contribution in [0.3, 0.4) is 0 Å². The number of aryl methyl sites for hydroxylation is 1. The molecule has 42 heavy (non-hydrogen) atoms. The summed E-state index contributed by atoms with van der Waals surface area (Å²) in [6.45, 7) is 15.7. The fraction of sp³-hybridized carbons (Fsp3) is 0.633. The number of fused-ring (bicyclic) bond motifs is 3. The van der Waals surface area contributed by atoms with Crippen LogP contribution in [0.1, 0.15) is 60.2 Å². The lowest BCUT2D eigenvalue weighted by Crippen LogP contribution is -2.52. The lowest BCUT2D eigenvalue weighted by molar-refractivity contribution is -0.133. The van der Waals surface area contributed by atoms with Crippen LogP contribution in [-0.4, -0.2) is 82.0 Å². The summed E-state index contributed by atoms with van der Waals surface area (Å²) < 4.78 is 22.0. The van der Waals surface area contributed by atoms with Crippen molar-refractivity contribution >= 4 is 40.0 Å². The molecule has 3 heterocycles. The highest BCUT2D eigenvalue weighted by Crippen LogP contribution is 2.27. The number of amides is 2. The Morgan fingerprint density at radius 2 is 1.71 bits per heavy atom. The largest absolute Gasteiger partial charge is 0.372 e. The summed E-state index contributed by atoms with van der Waals surface area (Å²) in [6.07, 6.45) is 0.144. The maximum atomic E-state index is 14.1. The number of benzene rings is 1. The number of carbonyl (C=O) groups is 2. The Morgan fingerprint density at radius 3 is 2.38 bits per heavy atom. The fourth-order valence-corrected chi connectivity index (χ4v) is 5.32. The van der Waals surface area contributed by atoms with E-state index in [1.165, 1.54) is 0 Å². The van der Waals surface area contributed by atoms with Gasteiger partial charge in [0.05, 0.1) is 23.2 Å². The van der Waals surface area contributed by atoms with Crippen LogP contribution in [0, 0.1) is 18.8 Å². The second-order valence-electron chi connectivity index (χ2n) is 12.0. The van der Waals surface area contributed by atoms with Gasteiger partial charge in [-0.15, -0.1) is 10.2 Å². The number of alkyl halides is 1. The predicted octanol–water partition coefficient (Wildman–Crippen LogP) is 3.64. The summed E-state index contributed by atoms with van der Waals surface area (Å²) >= 11 is 0. The van der Waals surface area contributed by atoms with Gasteiger partial charge in [-0.25, -0.2) is 9.37 Å². The summed E-state index contributed by atoms with van der Waals surface area (Å²) in [4.78, 5) is 32.1. The van der Waals surface area contributed by atoms with E-state index in [2.05, 4.69) is 63.1 Å². The van der Waals surface area contributed by atoms with Gasteiger partial charge in [-0.3, -0.25) is 14.0 Å². The number of ether oxygens (including phenoxy) is 1. The minimum atomic E-state index is -1.65. The topological polar surface area (TPSA) is 126 Å². The van der Waals surface area contributed by atoms with Crippen LogP contribution in [0.4, 0.5) is 15.9 Å². The summed E-state index contributed by atoms with van der Waals surface area (Å²) in [5.41, 5.74) is 3.56. The van der Waals surface area contributed by atoms with Crippen molar-refractivity contribution in [3.05, 3.63) is 24.0 Å². The normalized spacial score (nSPS) is 19.0. The van der Waals surface area contributed by atoms with Crippen LogP contribution < -0.4 is 20.9 Å². The van der Waals surface area contributed by atoms with E-state index in [1.807, 2.05) is 25.2 Å². The average Bonchev–Trinajstić information content (AvgIpc) is 3.33. The first kappa shape index (κ1) is 31.4. The first-order valence-electron chi connectivity index (χ1n) is 15.0.